The zero-order chi connectivity index (χ0) is 18.1. The molecule has 2 aromatic rings. The highest BCUT2D eigenvalue weighted by molar-refractivity contribution is 14.0. The van der Waals surface area contributed by atoms with Crippen molar-refractivity contribution >= 4 is 45.9 Å². The third-order valence-electron chi connectivity index (χ3n) is 5.78. The predicted molar refractivity (Wildman–Crippen MR) is 124 cm³/mol. The molecule has 146 valence electrons. The zero-order valence-corrected chi connectivity index (χ0v) is 19.8. The maximum absolute atomic E-state index is 4.55. The van der Waals surface area contributed by atoms with Crippen LogP contribution in [0.25, 0.3) is 0 Å². The molecule has 0 radical (unpaired) electrons. The van der Waals surface area contributed by atoms with Crippen LogP contribution in [0.1, 0.15) is 36.3 Å². The molecular formula is C20H27BrIN5. The summed E-state index contributed by atoms with van der Waals surface area (Å²) < 4.78 is 3.10. The third kappa shape index (κ3) is 4.34. The molecule has 1 aliphatic carbocycles. The SMILES string of the molecule is CN=C(NCC1(c2ccccc2Br)CC1)N1CCC(c2cnn(C)c2)C1.I. The quantitative estimate of drug-likeness (QED) is 0.361. The number of aryl methyl sites for hydroxylation is 1. The molecule has 1 aromatic heterocycles. The minimum atomic E-state index is 0. The number of guanidine groups is 1. The molecule has 1 saturated heterocycles. The van der Waals surface area contributed by atoms with E-state index in [9.17, 15) is 0 Å². The number of nitrogens with zero attached hydrogens (tertiary/aromatic N) is 4. The smallest absolute Gasteiger partial charge is 0.193 e. The van der Waals surface area contributed by atoms with E-state index in [1.54, 1.807) is 0 Å². The second kappa shape index (κ2) is 8.51. The molecule has 7 heteroatoms. The molecule has 1 N–H and O–H groups in total. The van der Waals surface area contributed by atoms with Gasteiger partial charge in [0.2, 0.25) is 0 Å². The summed E-state index contributed by atoms with van der Waals surface area (Å²) in [5.41, 5.74) is 2.99. The molecule has 1 unspecified atom stereocenters. The van der Waals surface area contributed by atoms with E-state index in [2.05, 4.69) is 66.7 Å². The molecule has 2 heterocycles. The fraction of sp³-hybridized carbons (Fsp3) is 0.500. The highest BCUT2D eigenvalue weighted by atomic mass is 127. The molecule has 0 bridgehead atoms. The van der Waals surface area contributed by atoms with Gasteiger partial charge in [-0.25, -0.2) is 0 Å². The lowest BCUT2D eigenvalue weighted by molar-refractivity contribution is 0.478. The Labute approximate surface area is 186 Å². The predicted octanol–water partition coefficient (Wildman–Crippen LogP) is 3.90. The van der Waals surface area contributed by atoms with Gasteiger partial charge in [-0.05, 0) is 36.5 Å². The maximum Gasteiger partial charge on any atom is 0.193 e. The van der Waals surface area contributed by atoms with Crippen LogP contribution in [0.2, 0.25) is 0 Å². The lowest BCUT2D eigenvalue weighted by Crippen LogP contribution is -2.43. The number of halogens is 2. The first-order valence-corrected chi connectivity index (χ1v) is 10.1. The molecule has 0 amide bonds. The average Bonchev–Trinajstić information content (AvgIpc) is 3.04. The van der Waals surface area contributed by atoms with Gasteiger partial charge in [-0.2, -0.15) is 5.10 Å². The zero-order valence-electron chi connectivity index (χ0n) is 15.9. The largest absolute Gasteiger partial charge is 0.355 e. The first kappa shape index (κ1) is 20.6. The summed E-state index contributed by atoms with van der Waals surface area (Å²) >= 11 is 3.72. The maximum atomic E-state index is 4.55. The van der Waals surface area contributed by atoms with Gasteiger partial charge in [-0.15, -0.1) is 24.0 Å². The molecule has 1 saturated carbocycles. The highest BCUT2D eigenvalue weighted by Crippen LogP contribution is 2.49. The van der Waals surface area contributed by atoms with E-state index in [-0.39, 0.29) is 29.4 Å². The van der Waals surface area contributed by atoms with Gasteiger partial charge < -0.3 is 10.2 Å². The van der Waals surface area contributed by atoms with E-state index < -0.39 is 0 Å². The van der Waals surface area contributed by atoms with Crippen molar-refractivity contribution in [1.29, 1.82) is 0 Å². The molecule has 27 heavy (non-hydrogen) atoms. The van der Waals surface area contributed by atoms with Crippen molar-refractivity contribution in [2.75, 3.05) is 26.7 Å². The van der Waals surface area contributed by atoms with Crippen LogP contribution >= 0.6 is 39.9 Å². The van der Waals surface area contributed by atoms with Crippen molar-refractivity contribution in [3.8, 4) is 0 Å². The molecular weight excluding hydrogens is 517 g/mol. The van der Waals surface area contributed by atoms with E-state index in [4.69, 9.17) is 0 Å². The van der Waals surface area contributed by atoms with Crippen LogP contribution in [0.5, 0.6) is 0 Å². The van der Waals surface area contributed by atoms with Crippen LogP contribution < -0.4 is 5.32 Å². The van der Waals surface area contributed by atoms with Gasteiger partial charge in [-0.3, -0.25) is 9.67 Å². The average molecular weight is 544 g/mol. The number of hydrogen-bond acceptors (Lipinski definition) is 2. The third-order valence-corrected chi connectivity index (χ3v) is 6.47. The van der Waals surface area contributed by atoms with E-state index in [1.807, 2.05) is 25.0 Å². The van der Waals surface area contributed by atoms with Crippen molar-refractivity contribution in [2.24, 2.45) is 12.0 Å². The fourth-order valence-corrected chi connectivity index (χ4v) is 4.75. The molecule has 1 aliphatic heterocycles. The number of aromatic nitrogens is 2. The Morgan fingerprint density at radius 3 is 2.78 bits per heavy atom. The Hall–Kier alpha value is -1.09. The molecule has 0 spiro atoms. The summed E-state index contributed by atoms with van der Waals surface area (Å²) in [4.78, 5) is 6.93. The lowest BCUT2D eigenvalue weighted by atomic mass is 9.96. The summed E-state index contributed by atoms with van der Waals surface area (Å²) in [7, 11) is 3.87. The van der Waals surface area contributed by atoms with Crippen molar-refractivity contribution < 1.29 is 0 Å². The van der Waals surface area contributed by atoms with Gasteiger partial charge in [0.1, 0.15) is 0 Å². The van der Waals surface area contributed by atoms with Crippen molar-refractivity contribution in [3.05, 3.63) is 52.3 Å². The lowest BCUT2D eigenvalue weighted by Gasteiger charge is -2.25. The van der Waals surface area contributed by atoms with Gasteiger partial charge in [-0.1, -0.05) is 34.1 Å². The summed E-state index contributed by atoms with van der Waals surface area (Å²) in [6.07, 6.45) is 7.75. The van der Waals surface area contributed by atoms with Gasteiger partial charge in [0, 0.05) is 55.7 Å². The van der Waals surface area contributed by atoms with E-state index >= 15 is 0 Å². The van der Waals surface area contributed by atoms with E-state index in [1.165, 1.54) is 28.4 Å². The number of rotatable bonds is 4. The summed E-state index contributed by atoms with van der Waals surface area (Å²) in [5, 5.41) is 7.97. The van der Waals surface area contributed by atoms with Gasteiger partial charge >= 0.3 is 0 Å². The monoisotopic (exact) mass is 543 g/mol. The normalized spacial score (nSPS) is 21.1. The van der Waals surface area contributed by atoms with E-state index in [0.29, 0.717) is 5.92 Å². The number of nitrogens with one attached hydrogen (secondary N) is 1. The minimum Gasteiger partial charge on any atom is -0.355 e. The topological polar surface area (TPSA) is 45.5 Å². The fourth-order valence-electron chi connectivity index (χ4n) is 4.04. The Balaban J connectivity index is 0.00000210. The Morgan fingerprint density at radius 2 is 2.15 bits per heavy atom. The number of benzene rings is 1. The number of likely N-dealkylation sites (tertiary alicyclic amines) is 1. The summed E-state index contributed by atoms with van der Waals surface area (Å²) in [6.45, 7) is 2.99. The molecule has 5 nitrogen and oxygen atoms in total. The first-order valence-electron chi connectivity index (χ1n) is 9.30. The van der Waals surface area contributed by atoms with E-state index in [0.717, 1.165) is 32.0 Å². The molecule has 2 aliphatic rings. The van der Waals surface area contributed by atoms with Crippen molar-refractivity contribution in [3.63, 3.8) is 0 Å². The van der Waals surface area contributed by atoms with Crippen LogP contribution in [0.4, 0.5) is 0 Å². The van der Waals surface area contributed by atoms with Gasteiger partial charge in [0.15, 0.2) is 5.96 Å². The second-order valence-corrected chi connectivity index (χ2v) is 8.39. The van der Waals surface area contributed by atoms with Crippen molar-refractivity contribution in [1.82, 2.24) is 20.0 Å². The van der Waals surface area contributed by atoms with Gasteiger partial charge in [0.05, 0.1) is 6.20 Å². The van der Waals surface area contributed by atoms with Crippen LogP contribution in [-0.2, 0) is 12.5 Å². The molecule has 1 aromatic carbocycles. The highest BCUT2D eigenvalue weighted by Gasteiger charge is 2.45. The van der Waals surface area contributed by atoms with Crippen LogP contribution in [-0.4, -0.2) is 47.3 Å². The number of hydrogen-bond donors (Lipinski definition) is 1. The van der Waals surface area contributed by atoms with Gasteiger partial charge in [0.25, 0.3) is 0 Å². The molecule has 2 fully saturated rings. The Kier molecular flexibility index (Phi) is 6.50. The Bertz CT molecular complexity index is 814. The van der Waals surface area contributed by atoms with Crippen LogP contribution in [0, 0.1) is 0 Å². The summed E-state index contributed by atoms with van der Waals surface area (Å²) in [5.74, 6) is 1.56. The first-order chi connectivity index (χ1) is 12.6. The minimum absolute atomic E-state index is 0. The summed E-state index contributed by atoms with van der Waals surface area (Å²) in [6, 6.07) is 8.60. The number of aliphatic imine (C=N–C) groups is 1. The Morgan fingerprint density at radius 1 is 1.37 bits per heavy atom. The van der Waals surface area contributed by atoms with Crippen LogP contribution in [0.15, 0.2) is 46.1 Å². The molecule has 4 rings (SSSR count). The van der Waals surface area contributed by atoms with Crippen molar-refractivity contribution in [2.45, 2.75) is 30.6 Å². The second-order valence-electron chi connectivity index (χ2n) is 7.54. The standard InChI is InChI=1S/C20H26BrN5.HI/c1-22-19(26-10-7-15(13-26)16-11-24-25(2)12-16)23-14-20(8-9-20)17-5-3-4-6-18(17)21;/h3-6,11-12,15H,7-10,13-14H2,1-2H3,(H,22,23);1H. The molecule has 1 atom stereocenters. The van der Waals surface area contributed by atoms with Crippen LogP contribution in [0.3, 0.4) is 0 Å².